The number of nitrogens with one attached hydrogen (secondary N) is 1. The molecule has 0 spiro atoms. The first-order valence-corrected chi connectivity index (χ1v) is 14.2. The van der Waals surface area contributed by atoms with Crippen molar-refractivity contribution in [2.45, 2.75) is 77.8 Å². The summed E-state index contributed by atoms with van der Waals surface area (Å²) in [5, 5.41) is 5.04. The first-order chi connectivity index (χ1) is 18.5. The third kappa shape index (κ3) is 5.63. The second-order valence-electron chi connectivity index (χ2n) is 10.3. The molecule has 7 nitrogen and oxygen atoms in total. The van der Waals surface area contributed by atoms with Crippen molar-refractivity contribution < 1.29 is 19.1 Å². The van der Waals surface area contributed by atoms with Gasteiger partial charge < -0.3 is 15.0 Å². The predicted octanol–water partition coefficient (Wildman–Crippen LogP) is 5.47. The van der Waals surface area contributed by atoms with Crippen molar-refractivity contribution in [1.82, 2.24) is 10.2 Å². The maximum Gasteiger partial charge on any atom is 0.333 e. The number of rotatable bonds is 8. The molecule has 1 N–H and O–H groups in total. The second kappa shape index (κ2) is 12.6. The molecule has 38 heavy (non-hydrogen) atoms. The van der Waals surface area contributed by atoms with Gasteiger partial charge >= 0.3 is 5.97 Å². The van der Waals surface area contributed by atoms with Crippen LogP contribution >= 0.6 is 0 Å². The fourth-order valence-corrected chi connectivity index (χ4v) is 5.93. The van der Waals surface area contributed by atoms with Gasteiger partial charge in [0.1, 0.15) is 6.61 Å². The van der Waals surface area contributed by atoms with E-state index in [-0.39, 0.29) is 30.4 Å². The van der Waals surface area contributed by atoms with E-state index in [9.17, 15) is 14.4 Å². The number of amides is 2. The summed E-state index contributed by atoms with van der Waals surface area (Å²) in [6, 6.07) is 10.1. The van der Waals surface area contributed by atoms with Gasteiger partial charge in [-0.3, -0.25) is 14.5 Å². The van der Waals surface area contributed by atoms with Crippen LogP contribution in [0.3, 0.4) is 0 Å². The molecule has 2 aromatic rings. The van der Waals surface area contributed by atoms with Crippen LogP contribution in [0, 0.1) is 0 Å². The molecule has 1 saturated carbocycles. The average molecular weight is 520 g/mol. The van der Waals surface area contributed by atoms with E-state index in [1.807, 2.05) is 44.2 Å². The van der Waals surface area contributed by atoms with Crippen molar-refractivity contribution in [3.05, 3.63) is 53.6 Å². The van der Waals surface area contributed by atoms with Gasteiger partial charge in [0.2, 0.25) is 0 Å². The lowest BCUT2D eigenvalue weighted by molar-refractivity contribution is -0.138. The van der Waals surface area contributed by atoms with E-state index in [4.69, 9.17) is 4.74 Å². The standard InChI is InChI=1S/C29H35N3O4.C2H6/c1-19(2)29(35)36-17-16-31(21-9-4-3-5-10-21)25-14-13-24-26-22(25)11-6-12-23(26)27(33)32(28(24)34)18-20-8-7-15-30-20;1-2/h6,11-14,20-21,30H,1,3-5,7-10,15-18H2,2H3;1-2H3. The molecule has 2 fully saturated rings. The fourth-order valence-electron chi connectivity index (χ4n) is 5.93. The highest BCUT2D eigenvalue weighted by Gasteiger charge is 2.36. The van der Waals surface area contributed by atoms with Crippen LogP contribution in [-0.4, -0.2) is 61.0 Å². The van der Waals surface area contributed by atoms with Gasteiger partial charge in [0.05, 0.1) is 6.54 Å². The van der Waals surface area contributed by atoms with E-state index in [1.165, 1.54) is 11.3 Å². The molecular weight excluding hydrogens is 478 g/mol. The lowest BCUT2D eigenvalue weighted by atomic mass is 9.90. The summed E-state index contributed by atoms with van der Waals surface area (Å²) in [5.41, 5.74) is 2.54. The van der Waals surface area contributed by atoms with Crippen LogP contribution in [0.4, 0.5) is 5.69 Å². The van der Waals surface area contributed by atoms with Gasteiger partial charge in [0.25, 0.3) is 11.8 Å². The Hall–Kier alpha value is -3.19. The zero-order valence-electron chi connectivity index (χ0n) is 23.1. The Bertz CT molecular complexity index is 1170. The Morgan fingerprint density at radius 2 is 1.74 bits per heavy atom. The summed E-state index contributed by atoms with van der Waals surface area (Å²) in [7, 11) is 0. The molecule has 1 saturated heterocycles. The summed E-state index contributed by atoms with van der Waals surface area (Å²) in [4.78, 5) is 42.7. The van der Waals surface area contributed by atoms with Gasteiger partial charge in [-0.15, -0.1) is 0 Å². The highest BCUT2D eigenvalue weighted by Crippen LogP contribution is 2.38. The second-order valence-corrected chi connectivity index (χ2v) is 10.3. The molecule has 1 aliphatic carbocycles. The summed E-state index contributed by atoms with van der Waals surface area (Å²) >= 11 is 0. The SMILES string of the molecule is C=C(C)C(=O)OCCN(c1ccc2c3c(cccc13)C(=O)N(CC1CCCN1)C2=O)C1CCCCC1.CC. The molecule has 0 radical (unpaired) electrons. The maximum atomic E-state index is 13.5. The van der Waals surface area contributed by atoms with E-state index < -0.39 is 0 Å². The molecule has 0 bridgehead atoms. The topological polar surface area (TPSA) is 79.0 Å². The van der Waals surface area contributed by atoms with Crippen molar-refractivity contribution in [1.29, 1.82) is 0 Å². The Labute approximate surface area is 226 Å². The van der Waals surface area contributed by atoms with Crippen molar-refractivity contribution in [3.8, 4) is 0 Å². The van der Waals surface area contributed by atoms with Crippen LogP contribution in [0.15, 0.2) is 42.5 Å². The molecule has 2 amide bonds. The lowest BCUT2D eigenvalue weighted by Gasteiger charge is -2.37. The number of esters is 1. The van der Waals surface area contributed by atoms with E-state index in [1.54, 1.807) is 6.92 Å². The Morgan fingerprint density at radius 1 is 1.03 bits per heavy atom. The number of anilines is 1. The quantitative estimate of drug-likeness (QED) is 0.283. The average Bonchev–Trinajstić information content (AvgIpc) is 3.47. The molecule has 204 valence electrons. The summed E-state index contributed by atoms with van der Waals surface area (Å²) in [6.45, 7) is 11.4. The fraction of sp³-hybridized carbons (Fsp3) is 0.516. The molecule has 2 aliphatic heterocycles. The van der Waals surface area contributed by atoms with Crippen molar-refractivity contribution in [2.75, 3.05) is 31.1 Å². The van der Waals surface area contributed by atoms with E-state index in [2.05, 4.69) is 16.8 Å². The van der Waals surface area contributed by atoms with Gasteiger partial charge in [-0.1, -0.05) is 51.8 Å². The van der Waals surface area contributed by atoms with Crippen molar-refractivity contribution >= 4 is 34.2 Å². The molecule has 5 rings (SSSR count). The van der Waals surface area contributed by atoms with Crippen LogP contribution in [0.25, 0.3) is 10.8 Å². The molecule has 0 aromatic heterocycles. The number of imide groups is 1. The molecular formula is C31H41N3O4. The highest BCUT2D eigenvalue weighted by atomic mass is 16.5. The Morgan fingerprint density at radius 3 is 2.39 bits per heavy atom. The minimum absolute atomic E-state index is 0.154. The molecule has 1 atom stereocenters. The van der Waals surface area contributed by atoms with Crippen LogP contribution in [0.2, 0.25) is 0 Å². The maximum absolute atomic E-state index is 13.5. The van der Waals surface area contributed by atoms with Gasteiger partial charge in [-0.25, -0.2) is 4.79 Å². The lowest BCUT2D eigenvalue weighted by Crippen LogP contribution is -2.46. The first kappa shape index (κ1) is 27.8. The Balaban J connectivity index is 0.00000164. The first-order valence-electron chi connectivity index (χ1n) is 14.2. The minimum atomic E-state index is -0.386. The number of benzene rings is 2. The molecule has 2 aromatic carbocycles. The summed E-state index contributed by atoms with van der Waals surface area (Å²) in [6.07, 6.45) is 7.72. The molecule has 7 heteroatoms. The van der Waals surface area contributed by atoms with Crippen molar-refractivity contribution in [3.63, 3.8) is 0 Å². The van der Waals surface area contributed by atoms with Crippen LogP contribution in [0.5, 0.6) is 0 Å². The number of nitrogens with zero attached hydrogens (tertiary/aromatic N) is 2. The van der Waals surface area contributed by atoms with Crippen molar-refractivity contribution in [2.24, 2.45) is 0 Å². The predicted molar refractivity (Wildman–Crippen MR) is 152 cm³/mol. The Kier molecular flexibility index (Phi) is 9.21. The van der Waals surface area contributed by atoms with E-state index in [0.29, 0.717) is 35.8 Å². The summed E-state index contributed by atoms with van der Waals surface area (Å²) < 4.78 is 5.45. The van der Waals surface area contributed by atoms with E-state index in [0.717, 1.165) is 61.5 Å². The van der Waals surface area contributed by atoms with Gasteiger partial charge in [0, 0.05) is 51.8 Å². The number of ether oxygens (including phenoxy) is 1. The number of hydrogen-bond donors (Lipinski definition) is 1. The van der Waals surface area contributed by atoms with E-state index >= 15 is 0 Å². The van der Waals surface area contributed by atoms with Gasteiger partial charge in [0.15, 0.2) is 0 Å². The third-order valence-corrected chi connectivity index (χ3v) is 7.77. The zero-order valence-corrected chi connectivity index (χ0v) is 23.1. The normalized spacial score (nSPS) is 19.2. The number of hydrogen-bond acceptors (Lipinski definition) is 6. The molecule has 2 heterocycles. The largest absolute Gasteiger partial charge is 0.460 e. The van der Waals surface area contributed by atoms with Gasteiger partial charge in [-0.2, -0.15) is 0 Å². The molecule has 3 aliphatic rings. The highest BCUT2D eigenvalue weighted by molar-refractivity contribution is 6.26. The molecule has 1 unspecified atom stereocenters. The van der Waals surface area contributed by atoms with Crippen LogP contribution in [0.1, 0.15) is 86.4 Å². The van der Waals surface area contributed by atoms with Crippen LogP contribution < -0.4 is 10.2 Å². The van der Waals surface area contributed by atoms with Crippen LogP contribution in [-0.2, 0) is 9.53 Å². The number of carbonyl (C=O) groups excluding carboxylic acids is 3. The smallest absolute Gasteiger partial charge is 0.333 e. The summed E-state index contributed by atoms with van der Waals surface area (Å²) in [5.74, 6) is -0.823. The minimum Gasteiger partial charge on any atom is -0.460 e. The zero-order chi connectivity index (χ0) is 27.2. The van der Waals surface area contributed by atoms with Gasteiger partial charge in [-0.05, 0) is 57.4 Å². The monoisotopic (exact) mass is 519 g/mol. The number of carbonyl (C=O) groups is 3. The third-order valence-electron chi connectivity index (χ3n) is 7.77.